The summed E-state index contributed by atoms with van der Waals surface area (Å²) in [6.07, 6.45) is 1.37. The van der Waals surface area contributed by atoms with Crippen LogP contribution < -0.4 is 5.32 Å². The van der Waals surface area contributed by atoms with Gasteiger partial charge in [0.25, 0.3) is 0 Å². The van der Waals surface area contributed by atoms with Crippen molar-refractivity contribution in [3.05, 3.63) is 47.3 Å². The van der Waals surface area contributed by atoms with E-state index in [0.717, 1.165) is 12.1 Å². The molecule has 27 heavy (non-hydrogen) atoms. The van der Waals surface area contributed by atoms with Gasteiger partial charge in [0.1, 0.15) is 37.4 Å². The number of ether oxygens (including phenoxy) is 3. The van der Waals surface area contributed by atoms with Crippen LogP contribution in [0.3, 0.4) is 0 Å². The highest BCUT2D eigenvalue weighted by Gasteiger charge is 2.50. The first-order valence-corrected chi connectivity index (χ1v) is 8.75. The van der Waals surface area contributed by atoms with Crippen molar-refractivity contribution in [3.8, 4) is 6.07 Å². The van der Waals surface area contributed by atoms with Crippen LogP contribution in [-0.2, 0) is 20.8 Å². The second kappa shape index (κ2) is 7.44. The highest BCUT2D eigenvalue weighted by molar-refractivity contribution is 5.86. The largest absolute Gasteiger partial charge is 0.464 e. The van der Waals surface area contributed by atoms with Crippen molar-refractivity contribution in [1.82, 2.24) is 15.0 Å². The highest BCUT2D eigenvalue weighted by atomic mass is 16.6. The summed E-state index contributed by atoms with van der Waals surface area (Å²) in [5, 5.41) is 19.1. The molecule has 0 saturated carbocycles. The van der Waals surface area contributed by atoms with E-state index in [9.17, 15) is 4.79 Å². The Morgan fingerprint density at radius 1 is 1.41 bits per heavy atom. The molecule has 0 amide bonds. The maximum absolute atomic E-state index is 11.6. The second-order valence-corrected chi connectivity index (χ2v) is 6.65. The lowest BCUT2D eigenvalue weighted by Gasteiger charge is -2.15. The van der Waals surface area contributed by atoms with Gasteiger partial charge in [-0.15, -0.1) is 5.10 Å². The Balaban J connectivity index is 1.39. The number of benzene rings is 1. The molecule has 4 atom stereocenters. The quantitative estimate of drug-likeness (QED) is 0.699. The SMILES string of the molecule is COC(=O)c1cn([C@H]2CO[C@H]3[C@@H]2OC[C@@H]3[NH2+]Cc2cccc(C#N)c2)nn1. The summed E-state index contributed by atoms with van der Waals surface area (Å²) in [6.45, 7) is 1.77. The summed E-state index contributed by atoms with van der Waals surface area (Å²) >= 11 is 0. The lowest BCUT2D eigenvalue weighted by Crippen LogP contribution is -2.91. The van der Waals surface area contributed by atoms with Crippen LogP contribution in [0.5, 0.6) is 0 Å². The molecule has 0 radical (unpaired) electrons. The van der Waals surface area contributed by atoms with Crippen LogP contribution in [0.15, 0.2) is 30.5 Å². The Hall–Kier alpha value is -2.80. The van der Waals surface area contributed by atoms with Crippen molar-refractivity contribution in [2.45, 2.75) is 30.8 Å². The molecule has 3 heterocycles. The minimum Gasteiger partial charge on any atom is -0.464 e. The van der Waals surface area contributed by atoms with E-state index >= 15 is 0 Å². The molecule has 4 rings (SSSR count). The molecule has 9 nitrogen and oxygen atoms in total. The van der Waals surface area contributed by atoms with Gasteiger partial charge in [-0.05, 0) is 12.1 Å². The number of carbonyl (C=O) groups excluding carboxylic acids is 1. The minimum absolute atomic E-state index is 0.0556. The predicted octanol–water partition coefficient (Wildman–Crippen LogP) is -0.593. The predicted molar refractivity (Wildman–Crippen MR) is 90.5 cm³/mol. The fourth-order valence-corrected chi connectivity index (χ4v) is 3.63. The Bertz CT molecular complexity index is 877. The van der Waals surface area contributed by atoms with Gasteiger partial charge in [-0.2, -0.15) is 5.26 Å². The number of carbonyl (C=O) groups is 1. The van der Waals surface area contributed by atoms with Crippen LogP contribution in [0.1, 0.15) is 27.7 Å². The van der Waals surface area contributed by atoms with Crippen LogP contribution in [-0.4, -0.2) is 59.5 Å². The summed E-state index contributed by atoms with van der Waals surface area (Å²) in [5.74, 6) is -0.519. The third-order valence-electron chi connectivity index (χ3n) is 5.02. The topological polar surface area (TPSA) is 116 Å². The van der Waals surface area contributed by atoms with E-state index in [0.29, 0.717) is 18.8 Å². The zero-order valence-corrected chi connectivity index (χ0v) is 14.8. The molecule has 0 aliphatic carbocycles. The van der Waals surface area contributed by atoms with Gasteiger partial charge in [-0.1, -0.05) is 17.3 Å². The van der Waals surface area contributed by atoms with Gasteiger partial charge in [-0.3, -0.25) is 0 Å². The van der Waals surface area contributed by atoms with Crippen LogP contribution in [0.2, 0.25) is 0 Å². The number of nitriles is 1. The van der Waals surface area contributed by atoms with Crippen LogP contribution >= 0.6 is 0 Å². The van der Waals surface area contributed by atoms with E-state index in [-0.39, 0.29) is 30.0 Å². The molecule has 2 saturated heterocycles. The summed E-state index contributed by atoms with van der Waals surface area (Å²) in [5.41, 5.74) is 1.91. The van der Waals surface area contributed by atoms with Crippen molar-refractivity contribution in [3.63, 3.8) is 0 Å². The Morgan fingerprint density at radius 2 is 2.26 bits per heavy atom. The third kappa shape index (κ3) is 3.42. The zero-order valence-electron chi connectivity index (χ0n) is 14.8. The first-order valence-electron chi connectivity index (χ1n) is 8.75. The highest BCUT2D eigenvalue weighted by Crippen LogP contribution is 2.32. The normalized spacial score (nSPS) is 26.5. The van der Waals surface area contributed by atoms with Crippen molar-refractivity contribution >= 4 is 5.97 Å². The van der Waals surface area contributed by atoms with Gasteiger partial charge >= 0.3 is 5.97 Å². The van der Waals surface area contributed by atoms with Gasteiger partial charge in [-0.25, -0.2) is 9.48 Å². The third-order valence-corrected chi connectivity index (χ3v) is 5.02. The number of hydrogen-bond acceptors (Lipinski definition) is 7. The van der Waals surface area contributed by atoms with Gasteiger partial charge in [0.2, 0.25) is 0 Å². The Kier molecular flexibility index (Phi) is 4.85. The average Bonchev–Trinajstić information content (AvgIpc) is 3.42. The molecule has 2 N–H and O–H groups in total. The smallest absolute Gasteiger partial charge is 0.360 e. The molecule has 1 aromatic heterocycles. The number of rotatable bonds is 5. The van der Waals surface area contributed by atoms with Crippen LogP contribution in [0.25, 0.3) is 0 Å². The van der Waals surface area contributed by atoms with Gasteiger partial charge in [0, 0.05) is 5.56 Å². The van der Waals surface area contributed by atoms with Gasteiger partial charge in [0.05, 0.1) is 31.5 Å². The molecule has 1 aromatic carbocycles. The first kappa shape index (κ1) is 17.6. The average molecular weight is 370 g/mol. The van der Waals surface area contributed by atoms with Gasteiger partial charge in [0.15, 0.2) is 5.69 Å². The summed E-state index contributed by atoms with van der Waals surface area (Å²) < 4.78 is 18.2. The molecule has 0 bridgehead atoms. The van der Waals surface area contributed by atoms with Crippen molar-refractivity contribution < 1.29 is 24.3 Å². The number of nitrogens with two attached hydrogens (primary N) is 1. The molecule has 2 aromatic rings. The standard InChI is InChI=1S/C18H19N5O4/c1-25-18(24)13-8-23(22-21-13)15-10-27-16-14(9-26-17(15)16)20-7-12-4-2-3-11(5-12)6-19/h2-5,8,14-17,20H,7,9-10H2,1H3/p+1/t14-,15-,16+,17+/m0/s1. The molecular weight excluding hydrogens is 350 g/mol. The Morgan fingerprint density at radius 3 is 3.07 bits per heavy atom. The van der Waals surface area contributed by atoms with Crippen LogP contribution in [0.4, 0.5) is 0 Å². The number of aromatic nitrogens is 3. The monoisotopic (exact) mass is 370 g/mol. The maximum Gasteiger partial charge on any atom is 0.360 e. The molecule has 9 heteroatoms. The number of fused-ring (bicyclic) bond motifs is 1. The minimum atomic E-state index is -0.519. The maximum atomic E-state index is 11.6. The van der Waals surface area contributed by atoms with E-state index in [1.165, 1.54) is 7.11 Å². The number of methoxy groups -OCH3 is 1. The number of esters is 1. The number of nitrogens with zero attached hydrogens (tertiary/aromatic N) is 4. The molecule has 2 fully saturated rings. The number of quaternary nitrogens is 1. The van der Waals surface area contributed by atoms with E-state index in [2.05, 4.69) is 26.4 Å². The molecule has 0 unspecified atom stereocenters. The lowest BCUT2D eigenvalue weighted by atomic mass is 10.1. The van der Waals surface area contributed by atoms with Crippen molar-refractivity contribution in [2.75, 3.05) is 20.3 Å². The molecule has 2 aliphatic heterocycles. The Labute approximate surface area is 155 Å². The second-order valence-electron chi connectivity index (χ2n) is 6.65. The fourth-order valence-electron chi connectivity index (χ4n) is 3.63. The van der Waals surface area contributed by atoms with Crippen molar-refractivity contribution in [2.24, 2.45) is 0 Å². The van der Waals surface area contributed by atoms with Gasteiger partial charge < -0.3 is 19.5 Å². The fraction of sp³-hybridized carbons (Fsp3) is 0.444. The first-order chi connectivity index (χ1) is 13.2. The summed E-state index contributed by atoms with van der Waals surface area (Å²) in [6, 6.07) is 9.78. The summed E-state index contributed by atoms with van der Waals surface area (Å²) in [7, 11) is 1.31. The lowest BCUT2D eigenvalue weighted by molar-refractivity contribution is -0.707. The number of hydrogen-bond donors (Lipinski definition) is 1. The molecule has 2 aliphatic rings. The zero-order chi connectivity index (χ0) is 18.8. The summed E-state index contributed by atoms with van der Waals surface area (Å²) in [4.78, 5) is 11.6. The van der Waals surface area contributed by atoms with Crippen LogP contribution in [0, 0.1) is 11.3 Å². The molecule has 0 spiro atoms. The molecular formula is C18H20N5O4+. The van der Waals surface area contributed by atoms with Crippen molar-refractivity contribution in [1.29, 1.82) is 5.26 Å². The van der Waals surface area contributed by atoms with E-state index in [1.54, 1.807) is 16.9 Å². The van der Waals surface area contributed by atoms with E-state index in [4.69, 9.17) is 14.7 Å². The van der Waals surface area contributed by atoms with E-state index in [1.807, 2.05) is 18.2 Å². The van der Waals surface area contributed by atoms with E-state index < -0.39 is 5.97 Å². The molecule has 140 valence electrons.